The van der Waals surface area contributed by atoms with E-state index < -0.39 is 5.97 Å². The van der Waals surface area contributed by atoms with Crippen LogP contribution < -0.4 is 5.32 Å². The van der Waals surface area contributed by atoms with Crippen molar-refractivity contribution in [2.45, 2.75) is 13.8 Å². The van der Waals surface area contributed by atoms with Gasteiger partial charge in [-0.25, -0.2) is 9.78 Å². The molecule has 7 heteroatoms. The van der Waals surface area contributed by atoms with Crippen LogP contribution in [-0.4, -0.2) is 23.8 Å². The van der Waals surface area contributed by atoms with Gasteiger partial charge in [0.1, 0.15) is 4.88 Å². The molecule has 21 heavy (non-hydrogen) atoms. The molecule has 0 atom stereocenters. The number of hydrogen-bond acceptors (Lipinski definition) is 6. The maximum atomic E-state index is 11.6. The van der Waals surface area contributed by atoms with Crippen LogP contribution in [0.4, 0.5) is 10.8 Å². The van der Waals surface area contributed by atoms with E-state index in [0.717, 1.165) is 16.9 Å². The minimum atomic E-state index is -0.639. The predicted octanol–water partition coefficient (Wildman–Crippen LogP) is 3.84. The molecule has 0 saturated heterocycles. The maximum Gasteiger partial charge on any atom is 0.358 e. The third kappa shape index (κ3) is 3.40. The van der Waals surface area contributed by atoms with Gasteiger partial charge in [0.25, 0.3) is 0 Å². The number of esters is 1. The van der Waals surface area contributed by atoms with E-state index in [0.29, 0.717) is 15.8 Å². The topological polar surface area (TPSA) is 68.3 Å². The van der Waals surface area contributed by atoms with E-state index in [4.69, 9.17) is 11.6 Å². The van der Waals surface area contributed by atoms with Crippen LogP contribution in [0.2, 0.25) is 5.02 Å². The lowest BCUT2D eigenvalue weighted by Crippen LogP contribution is -2.07. The molecule has 110 valence electrons. The number of thiazole rings is 1. The van der Waals surface area contributed by atoms with E-state index in [1.807, 2.05) is 19.1 Å². The van der Waals surface area contributed by atoms with Crippen molar-refractivity contribution < 1.29 is 14.3 Å². The Balaban J connectivity index is 2.39. The van der Waals surface area contributed by atoms with Crippen LogP contribution in [0.5, 0.6) is 0 Å². The fraction of sp³-hybridized carbons (Fsp3) is 0.214. The number of hydrogen-bond donors (Lipinski definition) is 1. The Kier molecular flexibility index (Phi) is 4.59. The highest BCUT2D eigenvalue weighted by Crippen LogP contribution is 2.30. The van der Waals surface area contributed by atoms with E-state index in [9.17, 15) is 9.59 Å². The standard InChI is InChI=1S/C14H13ClN2O3S/c1-7-4-5-9(15)10(6-7)16-14-17-11(13(19)20-3)12(21-14)8(2)18/h4-6H,1-3H3,(H,16,17). The predicted molar refractivity (Wildman–Crippen MR) is 82.9 cm³/mol. The molecule has 0 saturated carbocycles. The van der Waals surface area contributed by atoms with E-state index in [-0.39, 0.29) is 16.4 Å². The highest BCUT2D eigenvalue weighted by atomic mass is 35.5. The fourth-order valence-corrected chi connectivity index (χ4v) is 2.72. The first-order valence-electron chi connectivity index (χ1n) is 6.05. The molecule has 0 bridgehead atoms. The van der Waals surface area contributed by atoms with E-state index >= 15 is 0 Å². The first-order valence-corrected chi connectivity index (χ1v) is 7.25. The summed E-state index contributed by atoms with van der Waals surface area (Å²) in [5, 5.41) is 3.96. The number of nitrogens with one attached hydrogen (secondary N) is 1. The Hall–Kier alpha value is -1.92. The number of ether oxygens (including phenoxy) is 1. The molecule has 0 spiro atoms. The van der Waals surface area contributed by atoms with Crippen molar-refractivity contribution in [1.29, 1.82) is 0 Å². The lowest BCUT2D eigenvalue weighted by Gasteiger charge is -2.05. The Morgan fingerprint density at radius 1 is 1.38 bits per heavy atom. The minimum absolute atomic E-state index is 0.0151. The summed E-state index contributed by atoms with van der Waals surface area (Å²) in [6, 6.07) is 5.51. The Bertz CT molecular complexity index is 712. The van der Waals surface area contributed by atoms with Crippen LogP contribution in [0.1, 0.15) is 32.6 Å². The quantitative estimate of drug-likeness (QED) is 0.683. The van der Waals surface area contributed by atoms with Gasteiger partial charge in [-0.2, -0.15) is 0 Å². The molecule has 0 aliphatic carbocycles. The van der Waals surface area contributed by atoms with E-state index in [1.54, 1.807) is 6.07 Å². The molecule has 2 aromatic rings. The molecule has 5 nitrogen and oxygen atoms in total. The van der Waals surface area contributed by atoms with Gasteiger partial charge in [-0.1, -0.05) is 29.0 Å². The number of benzene rings is 1. The Labute approximate surface area is 130 Å². The minimum Gasteiger partial charge on any atom is -0.464 e. The molecule has 1 aromatic carbocycles. The Morgan fingerprint density at radius 2 is 2.10 bits per heavy atom. The number of Topliss-reactive ketones (excluding diaryl/α,β-unsaturated/α-hetero) is 1. The number of nitrogens with zero attached hydrogens (tertiary/aromatic N) is 1. The van der Waals surface area contributed by atoms with Gasteiger partial charge < -0.3 is 10.1 Å². The van der Waals surface area contributed by atoms with Crippen LogP contribution >= 0.6 is 22.9 Å². The number of aryl methyl sites for hydroxylation is 1. The maximum absolute atomic E-state index is 11.6. The van der Waals surface area contributed by atoms with Gasteiger partial charge in [0.05, 0.1) is 17.8 Å². The van der Waals surface area contributed by atoms with Crippen molar-refractivity contribution in [3.63, 3.8) is 0 Å². The molecular formula is C14H13ClN2O3S. The van der Waals surface area contributed by atoms with Crippen LogP contribution in [0.15, 0.2) is 18.2 Å². The second kappa shape index (κ2) is 6.24. The zero-order valence-corrected chi connectivity index (χ0v) is 13.3. The van der Waals surface area contributed by atoms with Crippen LogP contribution in [-0.2, 0) is 4.74 Å². The largest absolute Gasteiger partial charge is 0.464 e. The summed E-state index contributed by atoms with van der Waals surface area (Å²) in [7, 11) is 1.25. The third-order valence-electron chi connectivity index (χ3n) is 2.69. The van der Waals surface area contributed by atoms with Crippen LogP contribution in [0.25, 0.3) is 0 Å². The fourth-order valence-electron chi connectivity index (χ4n) is 1.70. The number of halogens is 1. The third-order valence-corrected chi connectivity index (χ3v) is 4.09. The first-order chi connectivity index (χ1) is 9.92. The highest BCUT2D eigenvalue weighted by molar-refractivity contribution is 7.17. The summed E-state index contributed by atoms with van der Waals surface area (Å²) in [6.45, 7) is 3.31. The molecule has 0 aliphatic rings. The molecule has 0 radical (unpaired) electrons. The number of carbonyl (C=O) groups excluding carboxylic acids is 2. The van der Waals surface area contributed by atoms with Crippen molar-refractivity contribution in [2.75, 3.05) is 12.4 Å². The van der Waals surface area contributed by atoms with Gasteiger partial charge in [-0.05, 0) is 24.6 Å². The smallest absolute Gasteiger partial charge is 0.358 e. The molecule has 0 aliphatic heterocycles. The van der Waals surface area contributed by atoms with E-state index in [2.05, 4.69) is 15.0 Å². The van der Waals surface area contributed by atoms with Gasteiger partial charge >= 0.3 is 5.97 Å². The molecule has 1 aromatic heterocycles. The van der Waals surface area contributed by atoms with Crippen LogP contribution in [0.3, 0.4) is 0 Å². The second-order valence-corrected chi connectivity index (χ2v) is 5.76. The van der Waals surface area contributed by atoms with E-state index in [1.165, 1.54) is 14.0 Å². The summed E-state index contributed by atoms with van der Waals surface area (Å²) in [5.74, 6) is -0.879. The second-order valence-electron chi connectivity index (χ2n) is 4.35. The van der Waals surface area contributed by atoms with Crippen molar-refractivity contribution in [3.8, 4) is 0 Å². The van der Waals surface area contributed by atoms with Crippen molar-refractivity contribution in [1.82, 2.24) is 4.98 Å². The number of ketones is 1. The number of aromatic nitrogens is 1. The molecule has 0 amide bonds. The van der Waals surface area contributed by atoms with Crippen molar-refractivity contribution in [2.24, 2.45) is 0 Å². The summed E-state index contributed by atoms with van der Waals surface area (Å²) >= 11 is 7.19. The average molecular weight is 325 g/mol. The molecule has 2 rings (SSSR count). The molecule has 0 fully saturated rings. The zero-order valence-electron chi connectivity index (χ0n) is 11.7. The lowest BCUT2D eigenvalue weighted by atomic mass is 10.2. The molecule has 1 N–H and O–H groups in total. The normalized spacial score (nSPS) is 10.3. The summed E-state index contributed by atoms with van der Waals surface area (Å²) in [6.07, 6.45) is 0. The van der Waals surface area contributed by atoms with Gasteiger partial charge in [-0.3, -0.25) is 4.79 Å². The molecule has 0 unspecified atom stereocenters. The lowest BCUT2D eigenvalue weighted by molar-refractivity contribution is 0.0591. The SMILES string of the molecule is COC(=O)c1nc(Nc2cc(C)ccc2Cl)sc1C(C)=O. The summed E-state index contributed by atoms with van der Waals surface area (Å²) < 4.78 is 4.63. The van der Waals surface area contributed by atoms with Gasteiger partial charge in [0.15, 0.2) is 16.6 Å². The summed E-state index contributed by atoms with van der Waals surface area (Å²) in [4.78, 5) is 27.6. The van der Waals surface area contributed by atoms with Gasteiger partial charge in [0, 0.05) is 6.92 Å². The average Bonchev–Trinajstić information content (AvgIpc) is 2.86. The number of rotatable bonds is 4. The molecule has 1 heterocycles. The van der Waals surface area contributed by atoms with Crippen molar-refractivity contribution in [3.05, 3.63) is 39.4 Å². The first kappa shape index (κ1) is 15.5. The van der Waals surface area contributed by atoms with Gasteiger partial charge in [-0.15, -0.1) is 0 Å². The summed E-state index contributed by atoms with van der Waals surface area (Å²) in [5.41, 5.74) is 1.71. The number of carbonyl (C=O) groups is 2. The zero-order chi connectivity index (χ0) is 15.6. The number of anilines is 2. The van der Waals surface area contributed by atoms with Crippen LogP contribution in [0, 0.1) is 6.92 Å². The Morgan fingerprint density at radius 3 is 2.71 bits per heavy atom. The number of methoxy groups -OCH3 is 1. The monoisotopic (exact) mass is 324 g/mol. The van der Waals surface area contributed by atoms with Crippen molar-refractivity contribution >= 4 is 45.5 Å². The molecular weight excluding hydrogens is 312 g/mol. The highest BCUT2D eigenvalue weighted by Gasteiger charge is 2.22. The van der Waals surface area contributed by atoms with Gasteiger partial charge in [0.2, 0.25) is 0 Å².